The Labute approximate surface area is 85.5 Å². The van der Waals surface area contributed by atoms with Gasteiger partial charge in [0.15, 0.2) is 0 Å². The van der Waals surface area contributed by atoms with Crippen LogP contribution in [0.2, 0.25) is 0 Å². The number of rotatable bonds is 3. The maximum absolute atomic E-state index is 4.03. The zero-order chi connectivity index (χ0) is 10.6. The Balaban J connectivity index is 3.27. The molecule has 1 aromatic carbocycles. The Bertz CT molecular complexity index is 386. The lowest BCUT2D eigenvalue weighted by Gasteiger charge is -2.05. The first-order valence-corrected chi connectivity index (χ1v) is 4.56. The minimum atomic E-state index is 0.906. The van der Waals surface area contributed by atoms with E-state index in [0.29, 0.717) is 0 Å². The molecule has 0 saturated carbocycles. The Morgan fingerprint density at radius 2 is 2.14 bits per heavy atom. The lowest BCUT2D eigenvalue weighted by atomic mass is 10.1. The van der Waals surface area contributed by atoms with Crippen LogP contribution >= 0.6 is 0 Å². The molecule has 0 amide bonds. The molecule has 1 heteroatoms. The van der Waals surface area contributed by atoms with Gasteiger partial charge >= 0.3 is 0 Å². The standard InChI is InChI=1S/C13H15N/c1-5-11(3)13(14-4)12-8-6-7-10(2)9-12/h5-9H,1,4H2,2-3H3. The highest BCUT2D eigenvalue weighted by atomic mass is 14.7. The molecule has 0 radical (unpaired) electrons. The monoisotopic (exact) mass is 185 g/mol. The minimum Gasteiger partial charge on any atom is -0.264 e. The van der Waals surface area contributed by atoms with Gasteiger partial charge in [0.2, 0.25) is 0 Å². The van der Waals surface area contributed by atoms with Crippen LogP contribution in [0.25, 0.3) is 5.70 Å². The van der Waals surface area contributed by atoms with Crippen LogP contribution in [0.5, 0.6) is 0 Å². The molecular formula is C13H15N. The third-order valence-electron chi connectivity index (χ3n) is 2.13. The van der Waals surface area contributed by atoms with E-state index in [1.165, 1.54) is 5.56 Å². The number of aliphatic imine (C=N–C) groups is 1. The number of allylic oxidation sites excluding steroid dienone is 2. The molecule has 0 N–H and O–H groups in total. The number of benzene rings is 1. The van der Waals surface area contributed by atoms with Crippen LogP contribution in [0.4, 0.5) is 0 Å². The summed E-state index contributed by atoms with van der Waals surface area (Å²) in [4.78, 5) is 4.03. The molecule has 0 unspecified atom stereocenters. The van der Waals surface area contributed by atoms with Crippen molar-refractivity contribution < 1.29 is 0 Å². The minimum absolute atomic E-state index is 0.906. The molecule has 72 valence electrons. The summed E-state index contributed by atoms with van der Waals surface area (Å²) in [5, 5.41) is 0. The van der Waals surface area contributed by atoms with Crippen LogP contribution in [-0.4, -0.2) is 6.72 Å². The van der Waals surface area contributed by atoms with Crippen LogP contribution in [-0.2, 0) is 0 Å². The summed E-state index contributed by atoms with van der Waals surface area (Å²) in [6.45, 7) is 11.4. The van der Waals surface area contributed by atoms with Crippen molar-refractivity contribution in [1.82, 2.24) is 0 Å². The van der Waals surface area contributed by atoms with Gasteiger partial charge in [-0.1, -0.05) is 36.4 Å². The molecule has 1 aromatic rings. The zero-order valence-electron chi connectivity index (χ0n) is 8.75. The highest BCUT2D eigenvalue weighted by Gasteiger charge is 2.01. The van der Waals surface area contributed by atoms with Gasteiger partial charge in [0.1, 0.15) is 0 Å². The van der Waals surface area contributed by atoms with E-state index in [2.05, 4.69) is 37.3 Å². The Kier molecular flexibility index (Phi) is 3.41. The molecule has 0 aliphatic rings. The smallest absolute Gasteiger partial charge is 0.0723 e. The van der Waals surface area contributed by atoms with E-state index in [1.54, 1.807) is 6.08 Å². The van der Waals surface area contributed by atoms with Crippen molar-refractivity contribution in [2.45, 2.75) is 13.8 Å². The Morgan fingerprint density at radius 3 is 2.64 bits per heavy atom. The average molecular weight is 185 g/mol. The first-order chi connectivity index (χ1) is 6.69. The van der Waals surface area contributed by atoms with Gasteiger partial charge in [0, 0.05) is 5.56 Å². The zero-order valence-corrected chi connectivity index (χ0v) is 8.75. The molecule has 0 saturated heterocycles. The molecule has 0 aliphatic carbocycles. The van der Waals surface area contributed by atoms with Crippen LogP contribution < -0.4 is 0 Å². The molecule has 1 nitrogen and oxygen atoms in total. The first kappa shape index (κ1) is 10.5. The van der Waals surface area contributed by atoms with Crippen LogP contribution in [0, 0.1) is 6.92 Å². The molecule has 0 aliphatic heterocycles. The number of hydrogen-bond donors (Lipinski definition) is 0. The van der Waals surface area contributed by atoms with E-state index in [4.69, 9.17) is 0 Å². The van der Waals surface area contributed by atoms with Gasteiger partial charge in [-0.15, -0.1) is 0 Å². The van der Waals surface area contributed by atoms with Gasteiger partial charge in [-0.25, -0.2) is 0 Å². The van der Waals surface area contributed by atoms with Gasteiger partial charge in [0.25, 0.3) is 0 Å². The predicted molar refractivity (Wildman–Crippen MR) is 63.5 cm³/mol. The SMILES string of the molecule is C=CC(C)=C(N=C)c1cccc(C)c1. The average Bonchev–Trinajstić information content (AvgIpc) is 2.19. The fourth-order valence-electron chi connectivity index (χ4n) is 1.33. The highest BCUT2D eigenvalue weighted by Crippen LogP contribution is 2.20. The molecule has 14 heavy (non-hydrogen) atoms. The van der Waals surface area contributed by atoms with Crippen LogP contribution in [0.3, 0.4) is 0 Å². The van der Waals surface area contributed by atoms with Crippen molar-refractivity contribution in [2.75, 3.05) is 0 Å². The highest BCUT2D eigenvalue weighted by molar-refractivity contribution is 5.72. The molecule has 0 heterocycles. The predicted octanol–water partition coefficient (Wildman–Crippen LogP) is 3.61. The summed E-state index contributed by atoms with van der Waals surface area (Å²) < 4.78 is 0. The summed E-state index contributed by atoms with van der Waals surface area (Å²) in [6.07, 6.45) is 1.80. The van der Waals surface area contributed by atoms with Crippen molar-refractivity contribution in [3.05, 3.63) is 53.6 Å². The molecular weight excluding hydrogens is 170 g/mol. The van der Waals surface area contributed by atoms with E-state index in [1.807, 2.05) is 19.1 Å². The van der Waals surface area contributed by atoms with Crippen molar-refractivity contribution in [1.29, 1.82) is 0 Å². The van der Waals surface area contributed by atoms with E-state index in [9.17, 15) is 0 Å². The number of aryl methyl sites for hydroxylation is 1. The topological polar surface area (TPSA) is 12.4 Å². The van der Waals surface area contributed by atoms with Crippen molar-refractivity contribution >= 4 is 12.4 Å². The molecule has 0 spiro atoms. The Hall–Kier alpha value is -1.63. The summed E-state index contributed by atoms with van der Waals surface area (Å²) in [6, 6.07) is 8.21. The normalized spacial score (nSPS) is 11.9. The van der Waals surface area contributed by atoms with Crippen LogP contribution in [0.15, 0.2) is 47.5 Å². The van der Waals surface area contributed by atoms with Gasteiger partial charge < -0.3 is 0 Å². The Morgan fingerprint density at radius 1 is 1.43 bits per heavy atom. The fraction of sp³-hybridized carbons (Fsp3) is 0.154. The molecule has 1 rings (SSSR count). The molecule has 0 bridgehead atoms. The van der Waals surface area contributed by atoms with E-state index in [0.717, 1.165) is 16.8 Å². The lowest BCUT2D eigenvalue weighted by molar-refractivity contribution is 1.39. The maximum atomic E-state index is 4.03. The van der Waals surface area contributed by atoms with E-state index in [-0.39, 0.29) is 0 Å². The second kappa shape index (κ2) is 4.56. The lowest BCUT2D eigenvalue weighted by Crippen LogP contribution is -1.85. The summed E-state index contributed by atoms with van der Waals surface area (Å²) >= 11 is 0. The maximum Gasteiger partial charge on any atom is 0.0723 e. The number of nitrogens with zero attached hydrogens (tertiary/aromatic N) is 1. The molecule has 0 atom stereocenters. The summed E-state index contributed by atoms with van der Waals surface area (Å²) in [7, 11) is 0. The van der Waals surface area contributed by atoms with Crippen LogP contribution in [0.1, 0.15) is 18.1 Å². The summed E-state index contributed by atoms with van der Waals surface area (Å²) in [5.41, 5.74) is 4.27. The number of hydrogen-bond acceptors (Lipinski definition) is 1. The first-order valence-electron chi connectivity index (χ1n) is 4.56. The van der Waals surface area contributed by atoms with Gasteiger partial charge in [0.05, 0.1) is 5.70 Å². The van der Waals surface area contributed by atoms with E-state index < -0.39 is 0 Å². The van der Waals surface area contributed by atoms with Crippen molar-refractivity contribution in [3.63, 3.8) is 0 Å². The van der Waals surface area contributed by atoms with Crippen molar-refractivity contribution in [3.8, 4) is 0 Å². The van der Waals surface area contributed by atoms with Crippen molar-refractivity contribution in [2.24, 2.45) is 4.99 Å². The summed E-state index contributed by atoms with van der Waals surface area (Å²) in [5.74, 6) is 0. The third-order valence-corrected chi connectivity index (χ3v) is 2.13. The van der Waals surface area contributed by atoms with Gasteiger partial charge in [-0.05, 0) is 32.2 Å². The van der Waals surface area contributed by atoms with E-state index >= 15 is 0 Å². The van der Waals surface area contributed by atoms with Gasteiger partial charge in [-0.2, -0.15) is 0 Å². The molecule has 0 fully saturated rings. The quantitative estimate of drug-likeness (QED) is 0.504. The molecule has 0 aromatic heterocycles. The fourth-order valence-corrected chi connectivity index (χ4v) is 1.33. The second-order valence-electron chi connectivity index (χ2n) is 3.26. The van der Waals surface area contributed by atoms with Gasteiger partial charge in [-0.3, -0.25) is 4.99 Å². The largest absolute Gasteiger partial charge is 0.264 e. The second-order valence-corrected chi connectivity index (χ2v) is 3.26. The third kappa shape index (κ3) is 2.19.